The number of benzene rings is 1. The fraction of sp³-hybridized carbons (Fsp3) is 0.500. The molecule has 100 valence electrons. The lowest BCUT2D eigenvalue weighted by atomic mass is 9.94. The van der Waals surface area contributed by atoms with Crippen molar-refractivity contribution >= 4 is 5.91 Å². The zero-order valence-corrected chi connectivity index (χ0v) is 11.0. The highest BCUT2D eigenvalue weighted by atomic mass is 19.1. The second-order valence-electron chi connectivity index (χ2n) is 4.20. The van der Waals surface area contributed by atoms with Crippen LogP contribution < -0.4 is 5.73 Å². The molecule has 0 aromatic heterocycles. The molecule has 4 heteroatoms. The number of likely N-dealkylation sites (N-methyl/N-ethyl adjacent to an activating group) is 1. The summed E-state index contributed by atoms with van der Waals surface area (Å²) >= 11 is 0. The van der Waals surface area contributed by atoms with Crippen molar-refractivity contribution in [2.75, 3.05) is 19.6 Å². The smallest absolute Gasteiger partial charge is 0.230 e. The van der Waals surface area contributed by atoms with Crippen molar-refractivity contribution in [1.29, 1.82) is 0 Å². The Morgan fingerprint density at radius 2 is 2.06 bits per heavy atom. The summed E-state index contributed by atoms with van der Waals surface area (Å²) in [5, 5.41) is 0. The molecule has 3 nitrogen and oxygen atoms in total. The van der Waals surface area contributed by atoms with E-state index < -0.39 is 0 Å². The van der Waals surface area contributed by atoms with E-state index in [4.69, 9.17) is 5.73 Å². The van der Waals surface area contributed by atoms with Gasteiger partial charge in [-0.05, 0) is 44.5 Å². The number of halogens is 1. The van der Waals surface area contributed by atoms with E-state index in [1.54, 1.807) is 17.0 Å². The first kappa shape index (κ1) is 14.6. The number of hydrogen-bond acceptors (Lipinski definition) is 2. The van der Waals surface area contributed by atoms with Crippen LogP contribution in [0.15, 0.2) is 24.3 Å². The molecule has 0 spiro atoms. The fourth-order valence-electron chi connectivity index (χ4n) is 2.08. The summed E-state index contributed by atoms with van der Waals surface area (Å²) in [4.78, 5) is 14.1. The van der Waals surface area contributed by atoms with Gasteiger partial charge in [0, 0.05) is 13.1 Å². The third-order valence-electron chi connectivity index (χ3n) is 3.08. The Balaban J connectivity index is 2.98. The lowest BCUT2D eigenvalue weighted by Crippen LogP contribution is -2.35. The monoisotopic (exact) mass is 252 g/mol. The molecule has 0 fully saturated rings. The largest absolute Gasteiger partial charge is 0.343 e. The normalized spacial score (nSPS) is 12.2. The summed E-state index contributed by atoms with van der Waals surface area (Å²) in [6.07, 6.45) is 0.540. The second-order valence-corrected chi connectivity index (χ2v) is 4.20. The minimum atomic E-state index is -0.342. The van der Waals surface area contributed by atoms with Crippen LogP contribution in [0.3, 0.4) is 0 Å². The number of hydrogen-bond donors (Lipinski definition) is 1. The minimum Gasteiger partial charge on any atom is -0.343 e. The first-order chi connectivity index (χ1) is 8.63. The highest BCUT2D eigenvalue weighted by molar-refractivity contribution is 5.83. The quantitative estimate of drug-likeness (QED) is 0.843. The number of nitrogens with zero attached hydrogens (tertiary/aromatic N) is 1. The predicted octanol–water partition coefficient (Wildman–Crippen LogP) is 2.13. The highest BCUT2D eigenvalue weighted by Crippen LogP contribution is 2.22. The van der Waals surface area contributed by atoms with Gasteiger partial charge in [-0.15, -0.1) is 0 Å². The van der Waals surface area contributed by atoms with Crippen molar-refractivity contribution in [3.8, 4) is 0 Å². The van der Waals surface area contributed by atoms with Crippen molar-refractivity contribution in [3.63, 3.8) is 0 Å². The molecule has 0 heterocycles. The van der Waals surface area contributed by atoms with E-state index >= 15 is 0 Å². The number of carbonyl (C=O) groups excluding carboxylic acids is 1. The Bertz CT molecular complexity index is 391. The van der Waals surface area contributed by atoms with Gasteiger partial charge >= 0.3 is 0 Å². The molecule has 0 aliphatic heterocycles. The third kappa shape index (κ3) is 3.53. The van der Waals surface area contributed by atoms with Crippen molar-refractivity contribution < 1.29 is 9.18 Å². The summed E-state index contributed by atoms with van der Waals surface area (Å²) in [6.45, 7) is 5.60. The topological polar surface area (TPSA) is 46.3 Å². The second kappa shape index (κ2) is 7.11. The SMILES string of the molecule is CCN(CC)C(=O)C(CCN)c1cccc(F)c1. The summed E-state index contributed by atoms with van der Waals surface area (Å²) in [7, 11) is 0. The van der Waals surface area contributed by atoms with E-state index in [0.717, 1.165) is 0 Å². The van der Waals surface area contributed by atoms with E-state index in [9.17, 15) is 9.18 Å². The fourth-order valence-corrected chi connectivity index (χ4v) is 2.08. The van der Waals surface area contributed by atoms with E-state index in [0.29, 0.717) is 31.6 Å². The highest BCUT2D eigenvalue weighted by Gasteiger charge is 2.23. The van der Waals surface area contributed by atoms with Gasteiger partial charge in [0.2, 0.25) is 5.91 Å². The molecule has 1 unspecified atom stereocenters. The van der Waals surface area contributed by atoms with Gasteiger partial charge in [0.05, 0.1) is 5.92 Å². The van der Waals surface area contributed by atoms with E-state index in [1.807, 2.05) is 13.8 Å². The van der Waals surface area contributed by atoms with Crippen LogP contribution in [0.1, 0.15) is 31.7 Å². The van der Waals surface area contributed by atoms with Gasteiger partial charge in [-0.1, -0.05) is 12.1 Å². The van der Waals surface area contributed by atoms with Crippen molar-refractivity contribution in [2.45, 2.75) is 26.2 Å². The summed E-state index contributed by atoms with van der Waals surface area (Å²) < 4.78 is 13.2. The molecule has 0 saturated heterocycles. The van der Waals surface area contributed by atoms with Crippen molar-refractivity contribution in [1.82, 2.24) is 4.90 Å². The molecule has 0 bridgehead atoms. The minimum absolute atomic E-state index is 0.0241. The van der Waals surface area contributed by atoms with E-state index in [2.05, 4.69) is 0 Å². The van der Waals surface area contributed by atoms with Crippen molar-refractivity contribution in [3.05, 3.63) is 35.6 Å². The molecule has 2 N–H and O–H groups in total. The molecule has 1 aromatic rings. The zero-order valence-electron chi connectivity index (χ0n) is 11.0. The van der Waals surface area contributed by atoms with E-state index in [-0.39, 0.29) is 17.6 Å². The van der Waals surface area contributed by atoms with Crippen LogP contribution in [0.4, 0.5) is 4.39 Å². The maximum atomic E-state index is 13.2. The Kier molecular flexibility index (Phi) is 5.78. The summed E-state index contributed by atoms with van der Waals surface area (Å²) in [5.41, 5.74) is 6.27. The van der Waals surface area contributed by atoms with Crippen LogP contribution in [0.5, 0.6) is 0 Å². The number of amides is 1. The van der Waals surface area contributed by atoms with Gasteiger partial charge in [-0.2, -0.15) is 0 Å². The van der Waals surface area contributed by atoms with Gasteiger partial charge in [0.1, 0.15) is 5.82 Å². The molecule has 1 aromatic carbocycles. The molecule has 1 amide bonds. The summed E-state index contributed by atoms with van der Waals surface area (Å²) in [6, 6.07) is 6.21. The molecular formula is C14H21FN2O. The average Bonchev–Trinajstić information content (AvgIpc) is 2.37. The Morgan fingerprint density at radius 1 is 1.39 bits per heavy atom. The summed E-state index contributed by atoms with van der Waals surface area (Å²) in [5.74, 6) is -0.636. The molecule has 0 radical (unpaired) electrons. The number of rotatable bonds is 6. The van der Waals surface area contributed by atoms with Gasteiger partial charge in [-0.3, -0.25) is 4.79 Å². The van der Waals surface area contributed by atoms with Crippen LogP contribution in [-0.4, -0.2) is 30.4 Å². The Hall–Kier alpha value is -1.42. The third-order valence-corrected chi connectivity index (χ3v) is 3.08. The molecule has 1 rings (SSSR count). The maximum absolute atomic E-state index is 13.2. The van der Waals surface area contributed by atoms with Crippen LogP contribution in [0.2, 0.25) is 0 Å². The molecule has 0 aliphatic rings. The van der Waals surface area contributed by atoms with Crippen LogP contribution in [0, 0.1) is 5.82 Å². The lowest BCUT2D eigenvalue weighted by molar-refractivity contribution is -0.132. The van der Waals surface area contributed by atoms with Crippen LogP contribution in [0.25, 0.3) is 0 Å². The zero-order chi connectivity index (χ0) is 13.5. The lowest BCUT2D eigenvalue weighted by Gasteiger charge is -2.25. The molecule has 0 aliphatic carbocycles. The Morgan fingerprint density at radius 3 is 2.56 bits per heavy atom. The van der Waals surface area contributed by atoms with Crippen LogP contribution >= 0.6 is 0 Å². The van der Waals surface area contributed by atoms with Gasteiger partial charge in [-0.25, -0.2) is 4.39 Å². The van der Waals surface area contributed by atoms with Crippen molar-refractivity contribution in [2.24, 2.45) is 5.73 Å². The van der Waals surface area contributed by atoms with Gasteiger partial charge in [0.15, 0.2) is 0 Å². The van der Waals surface area contributed by atoms with Gasteiger partial charge in [0.25, 0.3) is 0 Å². The van der Waals surface area contributed by atoms with E-state index in [1.165, 1.54) is 12.1 Å². The molecule has 18 heavy (non-hydrogen) atoms. The van der Waals surface area contributed by atoms with Gasteiger partial charge < -0.3 is 10.6 Å². The standard InChI is InChI=1S/C14H21FN2O/c1-3-17(4-2)14(18)13(8-9-16)11-6-5-7-12(15)10-11/h5-7,10,13H,3-4,8-9,16H2,1-2H3. The average molecular weight is 252 g/mol. The van der Waals surface area contributed by atoms with Crippen LogP contribution in [-0.2, 0) is 4.79 Å². The molecule has 0 saturated carbocycles. The molecular weight excluding hydrogens is 231 g/mol. The molecule has 1 atom stereocenters. The Labute approximate surface area is 108 Å². The first-order valence-electron chi connectivity index (χ1n) is 6.38. The predicted molar refractivity (Wildman–Crippen MR) is 70.7 cm³/mol. The maximum Gasteiger partial charge on any atom is 0.230 e. The first-order valence-corrected chi connectivity index (χ1v) is 6.38. The number of carbonyl (C=O) groups is 1. The number of nitrogens with two attached hydrogens (primary N) is 1.